The second-order valence-corrected chi connectivity index (χ2v) is 5.73. The van der Waals surface area contributed by atoms with E-state index < -0.39 is 0 Å². The Labute approximate surface area is 127 Å². The Kier molecular flexibility index (Phi) is 5.56. The first-order valence-electron chi connectivity index (χ1n) is 7.58. The highest BCUT2D eigenvalue weighted by molar-refractivity contribution is 5.96. The Balaban J connectivity index is 1.75. The second kappa shape index (κ2) is 7.63. The van der Waals surface area contributed by atoms with Gasteiger partial charge >= 0.3 is 0 Å². The van der Waals surface area contributed by atoms with Crippen LogP contribution >= 0.6 is 0 Å². The average molecular weight is 281 g/mol. The molecule has 2 nitrogen and oxygen atoms in total. The number of hydrogen-bond donors (Lipinski definition) is 1. The predicted molar refractivity (Wildman–Crippen MR) is 88.3 cm³/mol. The minimum absolute atomic E-state index is 0.210. The molecule has 0 bridgehead atoms. The van der Waals surface area contributed by atoms with Gasteiger partial charge in [0.1, 0.15) is 0 Å². The van der Waals surface area contributed by atoms with Gasteiger partial charge in [-0.25, -0.2) is 0 Å². The number of aryl methyl sites for hydroxylation is 1. The first-order chi connectivity index (χ1) is 10.1. The highest BCUT2D eigenvalue weighted by Gasteiger charge is 2.11. The van der Waals surface area contributed by atoms with Crippen LogP contribution in [-0.4, -0.2) is 5.78 Å². The van der Waals surface area contributed by atoms with Crippen LogP contribution < -0.4 is 5.73 Å². The molecule has 0 spiro atoms. The number of Topliss-reactive ketones (excluding diaryl/α,β-unsaturated/α-hetero) is 1. The maximum atomic E-state index is 12.2. The van der Waals surface area contributed by atoms with Crippen molar-refractivity contribution in [2.24, 2.45) is 5.92 Å². The van der Waals surface area contributed by atoms with Gasteiger partial charge in [-0.2, -0.15) is 0 Å². The molecule has 0 aliphatic carbocycles. The van der Waals surface area contributed by atoms with E-state index >= 15 is 0 Å². The molecular weight excluding hydrogens is 258 g/mol. The van der Waals surface area contributed by atoms with Crippen molar-refractivity contribution < 1.29 is 4.79 Å². The third-order valence-corrected chi connectivity index (χ3v) is 3.77. The Morgan fingerprint density at radius 3 is 2.38 bits per heavy atom. The molecule has 0 saturated heterocycles. The number of nitrogens with two attached hydrogens (primary N) is 1. The third kappa shape index (κ3) is 5.07. The van der Waals surface area contributed by atoms with E-state index in [4.69, 9.17) is 5.73 Å². The van der Waals surface area contributed by atoms with Crippen molar-refractivity contribution in [1.82, 2.24) is 0 Å². The molecule has 1 atom stereocenters. The molecule has 0 saturated carbocycles. The van der Waals surface area contributed by atoms with Gasteiger partial charge in [-0.3, -0.25) is 4.79 Å². The van der Waals surface area contributed by atoms with Gasteiger partial charge in [0.05, 0.1) is 0 Å². The first kappa shape index (κ1) is 15.3. The molecule has 2 aromatic rings. The summed E-state index contributed by atoms with van der Waals surface area (Å²) in [5, 5.41) is 0. The van der Waals surface area contributed by atoms with Gasteiger partial charge in [0, 0.05) is 17.7 Å². The molecule has 2 aromatic carbocycles. The van der Waals surface area contributed by atoms with Gasteiger partial charge < -0.3 is 5.73 Å². The van der Waals surface area contributed by atoms with Crippen LogP contribution in [0.25, 0.3) is 0 Å². The Hall–Kier alpha value is -2.09. The van der Waals surface area contributed by atoms with Crippen LogP contribution in [0.1, 0.15) is 42.1 Å². The SMILES string of the molecule is CC(CCCc1ccccc1)CC(=O)c1ccc(N)cc1. The fraction of sp³-hybridized carbons (Fsp3) is 0.316. The fourth-order valence-corrected chi connectivity index (χ4v) is 2.50. The summed E-state index contributed by atoms with van der Waals surface area (Å²) in [6.45, 7) is 2.15. The standard InChI is InChI=1S/C19H23NO/c1-15(6-5-9-16-7-3-2-4-8-16)14-19(21)17-10-12-18(20)13-11-17/h2-4,7-8,10-13,15H,5-6,9,14,20H2,1H3. The molecule has 2 heteroatoms. The molecule has 2 N–H and O–H groups in total. The molecule has 0 amide bonds. The smallest absolute Gasteiger partial charge is 0.163 e. The van der Waals surface area contributed by atoms with Crippen LogP contribution in [0.15, 0.2) is 54.6 Å². The normalized spacial score (nSPS) is 12.0. The number of ketones is 1. The molecular formula is C19H23NO. The molecule has 0 radical (unpaired) electrons. The molecule has 0 fully saturated rings. The number of anilines is 1. The third-order valence-electron chi connectivity index (χ3n) is 3.77. The van der Waals surface area contributed by atoms with Crippen LogP contribution in [0.3, 0.4) is 0 Å². The number of rotatable bonds is 7. The van der Waals surface area contributed by atoms with Crippen molar-refractivity contribution in [3.8, 4) is 0 Å². The summed E-state index contributed by atoms with van der Waals surface area (Å²) in [5.74, 6) is 0.626. The van der Waals surface area contributed by atoms with E-state index in [9.17, 15) is 4.79 Å². The van der Waals surface area contributed by atoms with Crippen LogP contribution in [0, 0.1) is 5.92 Å². The summed E-state index contributed by atoms with van der Waals surface area (Å²) in [4.78, 5) is 12.2. The zero-order valence-electron chi connectivity index (χ0n) is 12.6. The monoisotopic (exact) mass is 281 g/mol. The van der Waals surface area contributed by atoms with Crippen LogP contribution in [0.4, 0.5) is 5.69 Å². The van der Waals surface area contributed by atoms with Gasteiger partial charge in [0.2, 0.25) is 0 Å². The van der Waals surface area contributed by atoms with Crippen molar-refractivity contribution in [2.75, 3.05) is 5.73 Å². The lowest BCUT2D eigenvalue weighted by Crippen LogP contribution is -2.06. The number of carbonyl (C=O) groups is 1. The van der Waals surface area contributed by atoms with Crippen LogP contribution in [0.2, 0.25) is 0 Å². The summed E-state index contributed by atoms with van der Waals surface area (Å²) in [7, 11) is 0. The lowest BCUT2D eigenvalue weighted by molar-refractivity contribution is 0.0962. The van der Waals surface area contributed by atoms with E-state index in [-0.39, 0.29) is 5.78 Å². The number of benzene rings is 2. The largest absolute Gasteiger partial charge is 0.399 e. The topological polar surface area (TPSA) is 43.1 Å². The quantitative estimate of drug-likeness (QED) is 0.599. The zero-order valence-corrected chi connectivity index (χ0v) is 12.6. The van der Waals surface area contributed by atoms with Crippen LogP contribution in [-0.2, 0) is 6.42 Å². The van der Waals surface area contributed by atoms with E-state index in [0.29, 0.717) is 18.0 Å². The number of hydrogen-bond acceptors (Lipinski definition) is 2. The molecule has 110 valence electrons. The van der Waals surface area contributed by atoms with Crippen LogP contribution in [0.5, 0.6) is 0 Å². The highest BCUT2D eigenvalue weighted by Crippen LogP contribution is 2.17. The number of carbonyl (C=O) groups excluding carboxylic acids is 1. The Bertz CT molecular complexity index is 560. The average Bonchev–Trinajstić information content (AvgIpc) is 2.49. The predicted octanol–water partition coefficient (Wildman–Crippen LogP) is 4.50. The maximum absolute atomic E-state index is 12.2. The van der Waals surface area contributed by atoms with E-state index in [1.807, 2.05) is 18.2 Å². The Morgan fingerprint density at radius 2 is 1.71 bits per heavy atom. The van der Waals surface area contributed by atoms with E-state index in [1.54, 1.807) is 12.1 Å². The summed E-state index contributed by atoms with van der Waals surface area (Å²) < 4.78 is 0. The molecule has 0 aromatic heterocycles. The minimum Gasteiger partial charge on any atom is -0.399 e. The number of nitrogen functional groups attached to an aromatic ring is 1. The minimum atomic E-state index is 0.210. The molecule has 0 aliphatic heterocycles. The van der Waals surface area contributed by atoms with Crippen molar-refractivity contribution in [3.05, 3.63) is 65.7 Å². The summed E-state index contributed by atoms with van der Waals surface area (Å²) in [6, 6.07) is 17.7. The van der Waals surface area contributed by atoms with Gasteiger partial charge in [0.25, 0.3) is 0 Å². The van der Waals surface area contributed by atoms with Gasteiger partial charge in [-0.05, 0) is 55.0 Å². The summed E-state index contributed by atoms with van der Waals surface area (Å²) in [5.41, 5.74) is 8.47. The first-order valence-corrected chi connectivity index (χ1v) is 7.58. The fourth-order valence-electron chi connectivity index (χ4n) is 2.50. The second-order valence-electron chi connectivity index (χ2n) is 5.73. The molecule has 2 rings (SSSR count). The van der Waals surface area contributed by atoms with Crippen molar-refractivity contribution >= 4 is 11.5 Å². The molecule has 1 unspecified atom stereocenters. The molecule has 0 heterocycles. The highest BCUT2D eigenvalue weighted by atomic mass is 16.1. The summed E-state index contributed by atoms with van der Waals surface area (Å²) in [6.07, 6.45) is 3.90. The molecule has 0 aliphatic rings. The zero-order chi connectivity index (χ0) is 15.1. The molecule has 21 heavy (non-hydrogen) atoms. The van der Waals surface area contributed by atoms with E-state index in [0.717, 1.165) is 24.8 Å². The lowest BCUT2D eigenvalue weighted by Gasteiger charge is -2.10. The Morgan fingerprint density at radius 1 is 1.05 bits per heavy atom. The van der Waals surface area contributed by atoms with Crippen molar-refractivity contribution in [3.63, 3.8) is 0 Å². The lowest BCUT2D eigenvalue weighted by atomic mass is 9.94. The van der Waals surface area contributed by atoms with Gasteiger partial charge in [-0.15, -0.1) is 0 Å². The van der Waals surface area contributed by atoms with Crippen molar-refractivity contribution in [2.45, 2.75) is 32.6 Å². The van der Waals surface area contributed by atoms with Crippen molar-refractivity contribution in [1.29, 1.82) is 0 Å². The maximum Gasteiger partial charge on any atom is 0.163 e. The van der Waals surface area contributed by atoms with Gasteiger partial charge in [0.15, 0.2) is 5.78 Å². The van der Waals surface area contributed by atoms with E-state index in [2.05, 4.69) is 31.2 Å². The summed E-state index contributed by atoms with van der Waals surface area (Å²) >= 11 is 0. The van der Waals surface area contributed by atoms with Gasteiger partial charge in [-0.1, -0.05) is 37.3 Å². The van der Waals surface area contributed by atoms with E-state index in [1.165, 1.54) is 5.56 Å².